The minimum atomic E-state index is -0.355. The number of carbonyl (C=O) groups is 3. The number of allylic oxidation sites excluding steroid dienone is 2. The molecular formula is C19H19ClN2O4. The lowest BCUT2D eigenvalue weighted by molar-refractivity contribution is -0.144. The van der Waals surface area contributed by atoms with Gasteiger partial charge in [-0.05, 0) is 42.5 Å². The molecule has 4 rings (SSSR count). The minimum Gasteiger partial charge on any atom is -0.492 e. The smallest absolute Gasteiger partial charge is 0.240 e. The second-order valence-electron chi connectivity index (χ2n) is 6.91. The first kappa shape index (κ1) is 17.1. The molecule has 3 aliphatic rings. The Hall–Kier alpha value is -2.34. The Morgan fingerprint density at radius 1 is 1.12 bits per heavy atom. The van der Waals surface area contributed by atoms with E-state index in [4.69, 9.17) is 16.3 Å². The molecule has 2 fully saturated rings. The maximum atomic E-state index is 12.5. The van der Waals surface area contributed by atoms with Crippen molar-refractivity contribution in [1.29, 1.82) is 0 Å². The number of halogens is 1. The van der Waals surface area contributed by atoms with Gasteiger partial charge in [-0.25, -0.2) is 0 Å². The van der Waals surface area contributed by atoms with E-state index in [1.54, 1.807) is 24.3 Å². The van der Waals surface area contributed by atoms with Crippen LogP contribution in [0.3, 0.4) is 0 Å². The van der Waals surface area contributed by atoms with E-state index in [2.05, 4.69) is 5.32 Å². The molecule has 1 saturated heterocycles. The first-order valence-corrected chi connectivity index (χ1v) is 9.11. The number of fused-ring (bicyclic) bond motifs is 5. The van der Waals surface area contributed by atoms with Crippen LogP contribution in [0.4, 0.5) is 0 Å². The second kappa shape index (κ2) is 6.76. The standard InChI is InChI=1S/C19H19ClN2O4/c20-13-3-5-14(6-4-13)26-8-7-21-15(23)10-22-18(24)16-11-1-2-12(9-11)17(16)19(22)25/h1-6,11-12,16-17H,7-10H2,(H,21,23)/t11-,12-,16-,17-/m0/s1. The fraction of sp³-hybridized carbons (Fsp3) is 0.421. The Morgan fingerprint density at radius 2 is 1.73 bits per heavy atom. The van der Waals surface area contributed by atoms with Crippen LogP contribution in [-0.2, 0) is 14.4 Å². The lowest BCUT2D eigenvalue weighted by atomic mass is 9.85. The molecular weight excluding hydrogens is 356 g/mol. The third-order valence-electron chi connectivity index (χ3n) is 5.37. The third-order valence-corrected chi connectivity index (χ3v) is 5.62. The fourth-order valence-electron chi connectivity index (χ4n) is 4.21. The first-order chi connectivity index (χ1) is 12.5. The van der Waals surface area contributed by atoms with Crippen LogP contribution >= 0.6 is 11.6 Å². The molecule has 2 aliphatic carbocycles. The normalized spacial score (nSPS) is 28.6. The van der Waals surface area contributed by atoms with E-state index >= 15 is 0 Å². The molecule has 2 bridgehead atoms. The van der Waals surface area contributed by atoms with Crippen LogP contribution in [0.5, 0.6) is 5.75 Å². The summed E-state index contributed by atoms with van der Waals surface area (Å²) < 4.78 is 5.49. The first-order valence-electron chi connectivity index (χ1n) is 8.73. The Labute approximate surface area is 156 Å². The highest BCUT2D eigenvalue weighted by Gasteiger charge is 2.59. The van der Waals surface area contributed by atoms with E-state index in [1.807, 2.05) is 12.2 Å². The highest BCUT2D eigenvalue weighted by Crippen LogP contribution is 2.52. The van der Waals surface area contributed by atoms with Gasteiger partial charge >= 0.3 is 0 Å². The Balaban J connectivity index is 1.24. The number of nitrogens with zero attached hydrogens (tertiary/aromatic N) is 1. The molecule has 0 spiro atoms. The van der Waals surface area contributed by atoms with Gasteiger partial charge in [0.2, 0.25) is 17.7 Å². The maximum Gasteiger partial charge on any atom is 0.240 e. The Morgan fingerprint density at radius 3 is 2.35 bits per heavy atom. The van der Waals surface area contributed by atoms with Gasteiger partial charge in [-0.2, -0.15) is 0 Å². The van der Waals surface area contributed by atoms with Crippen molar-refractivity contribution in [2.45, 2.75) is 6.42 Å². The summed E-state index contributed by atoms with van der Waals surface area (Å²) in [6.07, 6.45) is 4.96. The van der Waals surface area contributed by atoms with Crippen molar-refractivity contribution in [3.05, 3.63) is 41.4 Å². The molecule has 0 radical (unpaired) electrons. The second-order valence-corrected chi connectivity index (χ2v) is 7.35. The van der Waals surface area contributed by atoms with E-state index in [0.29, 0.717) is 10.8 Å². The van der Waals surface area contributed by atoms with E-state index in [-0.39, 0.29) is 61.1 Å². The number of likely N-dealkylation sites (tertiary alicyclic amines) is 1. The van der Waals surface area contributed by atoms with Gasteiger partial charge in [0, 0.05) is 5.02 Å². The van der Waals surface area contributed by atoms with Crippen molar-refractivity contribution in [2.75, 3.05) is 19.7 Å². The lowest BCUT2D eigenvalue weighted by Crippen LogP contribution is -2.42. The van der Waals surface area contributed by atoms with E-state index in [9.17, 15) is 14.4 Å². The average molecular weight is 375 g/mol. The number of amides is 3. The molecule has 26 heavy (non-hydrogen) atoms. The number of carbonyl (C=O) groups excluding carboxylic acids is 3. The summed E-state index contributed by atoms with van der Waals surface area (Å²) in [5.41, 5.74) is 0. The average Bonchev–Trinajstić information content (AvgIpc) is 3.30. The van der Waals surface area contributed by atoms with Gasteiger partial charge in [-0.3, -0.25) is 19.3 Å². The quantitative estimate of drug-likeness (QED) is 0.466. The zero-order chi connectivity index (χ0) is 18.3. The van der Waals surface area contributed by atoms with Crippen molar-refractivity contribution in [3.8, 4) is 5.75 Å². The van der Waals surface area contributed by atoms with Crippen LogP contribution in [0.1, 0.15) is 6.42 Å². The van der Waals surface area contributed by atoms with Gasteiger partial charge in [0.05, 0.1) is 18.4 Å². The molecule has 1 N–H and O–H groups in total. The van der Waals surface area contributed by atoms with Gasteiger partial charge in [-0.15, -0.1) is 0 Å². The van der Waals surface area contributed by atoms with Gasteiger partial charge < -0.3 is 10.1 Å². The summed E-state index contributed by atoms with van der Waals surface area (Å²) in [7, 11) is 0. The zero-order valence-electron chi connectivity index (χ0n) is 14.1. The van der Waals surface area contributed by atoms with E-state index in [0.717, 1.165) is 11.3 Å². The van der Waals surface area contributed by atoms with Gasteiger partial charge in [0.1, 0.15) is 18.9 Å². The summed E-state index contributed by atoms with van der Waals surface area (Å²) in [6.45, 7) is 0.358. The lowest BCUT2D eigenvalue weighted by Gasteiger charge is -2.16. The Kier molecular flexibility index (Phi) is 4.44. The molecule has 6 nitrogen and oxygen atoms in total. The molecule has 1 heterocycles. The molecule has 136 valence electrons. The summed E-state index contributed by atoms with van der Waals surface area (Å²) in [5, 5.41) is 3.31. The zero-order valence-corrected chi connectivity index (χ0v) is 14.8. The number of hydrogen-bond donors (Lipinski definition) is 1. The monoisotopic (exact) mass is 374 g/mol. The molecule has 0 unspecified atom stereocenters. The molecule has 7 heteroatoms. The van der Waals surface area contributed by atoms with Crippen molar-refractivity contribution < 1.29 is 19.1 Å². The van der Waals surface area contributed by atoms with Crippen LogP contribution in [0, 0.1) is 23.7 Å². The van der Waals surface area contributed by atoms with Gasteiger partial charge in [-0.1, -0.05) is 23.8 Å². The number of benzene rings is 1. The molecule has 3 amide bonds. The molecule has 1 aliphatic heterocycles. The SMILES string of the molecule is O=C(CN1C(=O)[C@@H]2[C@@H](C1=O)[C@H]1C=C[C@H]2C1)NCCOc1ccc(Cl)cc1. The maximum absolute atomic E-state index is 12.5. The number of hydrogen-bond acceptors (Lipinski definition) is 4. The summed E-state index contributed by atoms with van der Waals surface area (Å²) in [6, 6.07) is 6.93. The summed E-state index contributed by atoms with van der Waals surface area (Å²) in [5.74, 6) is -0.327. The largest absolute Gasteiger partial charge is 0.492 e. The van der Waals surface area contributed by atoms with Gasteiger partial charge in [0.15, 0.2) is 0 Å². The highest BCUT2D eigenvalue weighted by atomic mass is 35.5. The van der Waals surface area contributed by atoms with Crippen LogP contribution in [0.15, 0.2) is 36.4 Å². The minimum absolute atomic E-state index is 0.155. The summed E-state index contributed by atoms with van der Waals surface area (Å²) >= 11 is 5.80. The fourth-order valence-corrected chi connectivity index (χ4v) is 4.34. The van der Waals surface area contributed by atoms with E-state index in [1.165, 1.54) is 0 Å². The molecule has 1 saturated carbocycles. The van der Waals surface area contributed by atoms with E-state index < -0.39 is 0 Å². The highest BCUT2D eigenvalue weighted by molar-refractivity contribution is 6.30. The molecule has 1 aromatic carbocycles. The summed E-state index contributed by atoms with van der Waals surface area (Å²) in [4.78, 5) is 38.3. The molecule has 1 aromatic rings. The van der Waals surface area contributed by atoms with Gasteiger partial charge in [0.25, 0.3) is 0 Å². The van der Waals surface area contributed by atoms with Crippen LogP contribution in [0.2, 0.25) is 5.02 Å². The molecule has 0 aromatic heterocycles. The predicted molar refractivity (Wildman–Crippen MR) is 94.4 cm³/mol. The number of imide groups is 1. The van der Waals surface area contributed by atoms with Crippen molar-refractivity contribution in [2.24, 2.45) is 23.7 Å². The third kappa shape index (κ3) is 2.98. The van der Waals surface area contributed by atoms with Crippen molar-refractivity contribution in [3.63, 3.8) is 0 Å². The number of ether oxygens (including phenoxy) is 1. The number of nitrogens with one attached hydrogen (secondary N) is 1. The predicted octanol–water partition coefficient (Wildman–Crippen LogP) is 1.64. The van der Waals surface area contributed by atoms with Crippen LogP contribution in [0.25, 0.3) is 0 Å². The Bertz CT molecular complexity index is 746. The number of rotatable bonds is 6. The van der Waals surface area contributed by atoms with Crippen LogP contribution in [-0.4, -0.2) is 42.3 Å². The van der Waals surface area contributed by atoms with Crippen LogP contribution < -0.4 is 10.1 Å². The molecule has 4 atom stereocenters. The van der Waals surface area contributed by atoms with Crippen molar-refractivity contribution in [1.82, 2.24) is 10.2 Å². The topological polar surface area (TPSA) is 75.7 Å². The van der Waals surface area contributed by atoms with Crippen molar-refractivity contribution >= 4 is 29.3 Å².